The Labute approximate surface area is 133 Å². The summed E-state index contributed by atoms with van der Waals surface area (Å²) in [5, 5.41) is 0.430. The smallest absolute Gasteiger partial charge is 0.313 e. The van der Waals surface area contributed by atoms with Crippen LogP contribution in [0.4, 0.5) is 0 Å². The summed E-state index contributed by atoms with van der Waals surface area (Å²) in [6, 6.07) is 1.72. The van der Waals surface area contributed by atoms with Crippen molar-refractivity contribution in [2.24, 2.45) is 0 Å². The molecule has 4 nitrogen and oxygen atoms in total. The van der Waals surface area contributed by atoms with Gasteiger partial charge in [-0.05, 0) is 19.4 Å². The summed E-state index contributed by atoms with van der Waals surface area (Å²) in [6.07, 6.45) is 1.70. The molecule has 0 saturated heterocycles. The molecule has 0 aliphatic rings. The average Bonchev–Trinajstić information content (AvgIpc) is 2.43. The lowest BCUT2D eigenvalue weighted by Crippen LogP contribution is -1.97. The van der Waals surface area contributed by atoms with Gasteiger partial charge in [0.25, 0.3) is 0 Å². The van der Waals surface area contributed by atoms with E-state index < -0.39 is 5.77 Å². The second-order valence-corrected chi connectivity index (χ2v) is 11.8. The lowest BCUT2D eigenvalue weighted by Gasteiger charge is -2.15. The maximum Gasteiger partial charge on any atom is 0.313 e. The van der Waals surface area contributed by atoms with Gasteiger partial charge in [-0.2, -0.15) is 0 Å². The Morgan fingerprint density at radius 1 is 1.30 bits per heavy atom. The van der Waals surface area contributed by atoms with Gasteiger partial charge >= 0.3 is 5.77 Å². The molecular formula is C12H20ClN2O2PS2. The van der Waals surface area contributed by atoms with E-state index in [2.05, 4.69) is 16.9 Å². The van der Waals surface area contributed by atoms with Crippen molar-refractivity contribution in [1.82, 2.24) is 9.97 Å². The number of hydrogen-bond donors (Lipinski definition) is 0. The SMILES string of the molecule is CCCSP(=O)(OCC)SCc1cc(Cl)nc(CC)n1. The van der Waals surface area contributed by atoms with Crippen LogP contribution in [0.15, 0.2) is 6.07 Å². The zero-order valence-corrected chi connectivity index (χ0v) is 15.2. The Morgan fingerprint density at radius 2 is 2.05 bits per heavy atom. The van der Waals surface area contributed by atoms with Crippen molar-refractivity contribution < 1.29 is 9.09 Å². The standard InChI is InChI=1S/C12H20ClN2O2PS2/c1-4-7-19-18(16,17-6-3)20-9-10-8-11(13)15-12(5-2)14-10/h8H,4-7,9H2,1-3H3. The van der Waals surface area contributed by atoms with Crippen LogP contribution < -0.4 is 0 Å². The van der Waals surface area contributed by atoms with Crippen LogP contribution in [-0.2, 0) is 21.3 Å². The summed E-state index contributed by atoms with van der Waals surface area (Å²) in [4.78, 5) is 8.52. The zero-order valence-electron chi connectivity index (χ0n) is 12.0. The van der Waals surface area contributed by atoms with Crippen LogP contribution in [0.25, 0.3) is 0 Å². The molecule has 1 rings (SSSR count). The summed E-state index contributed by atoms with van der Waals surface area (Å²) in [5.41, 5.74) is 0.795. The van der Waals surface area contributed by atoms with Crippen LogP contribution in [0.1, 0.15) is 38.7 Å². The van der Waals surface area contributed by atoms with Crippen molar-refractivity contribution in [2.75, 3.05) is 12.4 Å². The summed E-state index contributed by atoms with van der Waals surface area (Å²) in [6.45, 7) is 6.35. The molecule has 8 heteroatoms. The van der Waals surface area contributed by atoms with Gasteiger partial charge in [0.15, 0.2) is 0 Å². The number of rotatable bonds is 9. The van der Waals surface area contributed by atoms with Gasteiger partial charge in [-0.1, -0.05) is 48.2 Å². The van der Waals surface area contributed by atoms with Gasteiger partial charge in [0.2, 0.25) is 0 Å². The fraction of sp³-hybridized carbons (Fsp3) is 0.667. The van der Waals surface area contributed by atoms with Crippen LogP contribution in [0, 0.1) is 0 Å². The van der Waals surface area contributed by atoms with Crippen molar-refractivity contribution >= 4 is 40.1 Å². The van der Waals surface area contributed by atoms with Crippen molar-refractivity contribution in [3.8, 4) is 0 Å². The third kappa shape index (κ3) is 6.35. The first-order valence-corrected chi connectivity index (χ1v) is 11.8. The third-order valence-electron chi connectivity index (χ3n) is 2.22. The molecule has 0 radical (unpaired) electrons. The lowest BCUT2D eigenvalue weighted by molar-refractivity contribution is 0.357. The van der Waals surface area contributed by atoms with Crippen LogP contribution in [0.2, 0.25) is 5.15 Å². The van der Waals surface area contributed by atoms with E-state index in [4.69, 9.17) is 16.1 Å². The molecule has 1 heterocycles. The fourth-order valence-electron chi connectivity index (χ4n) is 1.37. The molecule has 0 N–H and O–H groups in total. The highest BCUT2D eigenvalue weighted by Crippen LogP contribution is 2.70. The Kier molecular flexibility index (Phi) is 8.53. The van der Waals surface area contributed by atoms with Gasteiger partial charge in [0.05, 0.1) is 12.3 Å². The molecule has 1 atom stereocenters. The number of halogens is 1. The summed E-state index contributed by atoms with van der Waals surface area (Å²) in [7, 11) is 0. The minimum Gasteiger partial charge on any atom is -0.314 e. The normalized spacial score (nSPS) is 14.2. The van der Waals surface area contributed by atoms with E-state index in [1.807, 2.05) is 13.8 Å². The Bertz CT molecular complexity index is 477. The highest BCUT2D eigenvalue weighted by atomic mass is 35.5. The molecule has 1 aromatic heterocycles. The molecular weight excluding hydrogens is 335 g/mol. The second kappa shape index (κ2) is 9.31. The van der Waals surface area contributed by atoms with Crippen LogP contribution in [0.5, 0.6) is 0 Å². The molecule has 0 aliphatic carbocycles. The molecule has 0 aromatic carbocycles. The molecule has 0 bridgehead atoms. The highest BCUT2D eigenvalue weighted by molar-refractivity contribution is 8.89. The van der Waals surface area contributed by atoms with Gasteiger partial charge in [-0.15, -0.1) is 0 Å². The lowest BCUT2D eigenvalue weighted by atomic mass is 10.4. The Morgan fingerprint density at radius 3 is 2.65 bits per heavy atom. The molecule has 114 valence electrons. The summed E-state index contributed by atoms with van der Waals surface area (Å²) in [5.74, 6) is -0.656. The van der Waals surface area contributed by atoms with Crippen LogP contribution >= 0.6 is 40.1 Å². The maximum absolute atomic E-state index is 12.6. The van der Waals surface area contributed by atoms with Crippen molar-refractivity contribution in [3.63, 3.8) is 0 Å². The van der Waals surface area contributed by atoms with Crippen LogP contribution in [-0.4, -0.2) is 22.3 Å². The third-order valence-corrected chi connectivity index (χ3v) is 10.0. The first kappa shape index (κ1) is 18.3. The van der Waals surface area contributed by atoms with Crippen molar-refractivity contribution in [3.05, 3.63) is 22.7 Å². The predicted molar refractivity (Wildman–Crippen MR) is 89.7 cm³/mol. The van der Waals surface area contributed by atoms with E-state index in [1.165, 1.54) is 22.8 Å². The van der Waals surface area contributed by atoms with E-state index in [0.717, 1.165) is 24.3 Å². The topological polar surface area (TPSA) is 52.1 Å². The molecule has 0 amide bonds. The number of aromatic nitrogens is 2. The molecule has 0 spiro atoms. The molecule has 1 unspecified atom stereocenters. The minimum absolute atomic E-state index is 0.430. The first-order valence-electron chi connectivity index (χ1n) is 6.59. The Hall–Kier alpha value is 0.260. The van der Waals surface area contributed by atoms with E-state index in [0.29, 0.717) is 23.3 Å². The van der Waals surface area contributed by atoms with Gasteiger partial charge in [0, 0.05) is 17.9 Å². The molecule has 0 fully saturated rings. The predicted octanol–water partition coefficient (Wildman–Crippen LogP) is 5.21. The van der Waals surface area contributed by atoms with E-state index in [1.54, 1.807) is 6.07 Å². The maximum atomic E-state index is 12.6. The zero-order chi connectivity index (χ0) is 15.0. The van der Waals surface area contributed by atoms with E-state index in [-0.39, 0.29) is 0 Å². The second-order valence-electron chi connectivity index (χ2n) is 3.92. The Balaban J connectivity index is 2.71. The van der Waals surface area contributed by atoms with E-state index >= 15 is 0 Å². The number of aryl methyl sites for hydroxylation is 1. The fourth-order valence-corrected chi connectivity index (χ4v) is 8.18. The first-order chi connectivity index (χ1) is 9.53. The largest absolute Gasteiger partial charge is 0.314 e. The highest BCUT2D eigenvalue weighted by Gasteiger charge is 2.24. The van der Waals surface area contributed by atoms with E-state index in [9.17, 15) is 4.57 Å². The number of nitrogens with zero attached hydrogens (tertiary/aromatic N) is 2. The monoisotopic (exact) mass is 354 g/mol. The molecule has 20 heavy (non-hydrogen) atoms. The summed E-state index contributed by atoms with van der Waals surface area (Å²) < 4.78 is 18.1. The van der Waals surface area contributed by atoms with Crippen molar-refractivity contribution in [2.45, 2.75) is 39.4 Å². The molecule has 0 saturated carbocycles. The van der Waals surface area contributed by atoms with Gasteiger partial charge in [-0.25, -0.2) is 9.97 Å². The molecule has 0 aliphatic heterocycles. The van der Waals surface area contributed by atoms with Gasteiger partial charge < -0.3 is 4.52 Å². The van der Waals surface area contributed by atoms with Gasteiger partial charge in [0.1, 0.15) is 11.0 Å². The van der Waals surface area contributed by atoms with Crippen LogP contribution in [0.3, 0.4) is 0 Å². The average molecular weight is 355 g/mol. The summed E-state index contributed by atoms with van der Waals surface area (Å²) >= 11 is 8.68. The minimum atomic E-state index is -2.71. The quantitative estimate of drug-likeness (QED) is 0.448. The van der Waals surface area contributed by atoms with Crippen molar-refractivity contribution in [1.29, 1.82) is 0 Å². The molecule has 1 aromatic rings. The van der Waals surface area contributed by atoms with Gasteiger partial charge in [-0.3, -0.25) is 4.57 Å². The number of hydrogen-bond acceptors (Lipinski definition) is 6.